The number of aromatic nitrogens is 2. The van der Waals surface area contributed by atoms with Gasteiger partial charge in [-0.1, -0.05) is 11.6 Å². The Morgan fingerprint density at radius 1 is 1.27 bits per heavy atom. The molecule has 2 fully saturated rings. The Hall–Kier alpha value is -0.900. The Kier molecular flexibility index (Phi) is 2.24. The van der Waals surface area contributed by atoms with E-state index < -0.39 is 0 Å². The molecule has 1 heterocycles. The molecule has 0 amide bonds. The average molecular weight is 207 g/mol. The van der Waals surface area contributed by atoms with Crippen LogP contribution in [-0.2, 0) is 0 Å². The zero-order valence-corrected chi connectivity index (χ0v) is 8.85. The van der Waals surface area contributed by atoms with Crippen molar-refractivity contribution in [2.45, 2.75) is 43.9 Å². The number of nitrogens with two attached hydrogens (primary N) is 1. The lowest BCUT2D eigenvalue weighted by atomic mass is 9.96. The Morgan fingerprint density at radius 3 is 2.87 bits per heavy atom. The van der Waals surface area contributed by atoms with E-state index in [1.807, 2.05) is 0 Å². The monoisotopic (exact) mass is 207 g/mol. The SMILES string of the molecule is NCC1CCCC1c1nc(C2CC2)no1. The molecular weight excluding hydrogens is 190 g/mol. The standard InChI is InChI=1S/C11H17N3O/c12-6-8-2-1-3-9(8)11-13-10(14-15-11)7-4-5-7/h7-9H,1-6,12H2. The van der Waals surface area contributed by atoms with Crippen molar-refractivity contribution in [1.29, 1.82) is 0 Å². The van der Waals surface area contributed by atoms with Crippen LogP contribution in [0.1, 0.15) is 55.7 Å². The molecule has 0 aromatic carbocycles. The second-order valence-corrected chi connectivity index (χ2v) is 4.80. The van der Waals surface area contributed by atoms with Crippen LogP contribution in [0.2, 0.25) is 0 Å². The smallest absolute Gasteiger partial charge is 0.230 e. The Labute approximate surface area is 89.2 Å². The zero-order chi connectivity index (χ0) is 10.3. The second kappa shape index (κ2) is 3.59. The number of hydrogen-bond donors (Lipinski definition) is 1. The van der Waals surface area contributed by atoms with Crippen molar-refractivity contribution in [3.05, 3.63) is 11.7 Å². The highest BCUT2D eigenvalue weighted by molar-refractivity contribution is 5.07. The topological polar surface area (TPSA) is 64.9 Å². The fourth-order valence-electron chi connectivity index (χ4n) is 2.55. The van der Waals surface area contributed by atoms with Gasteiger partial charge in [0.1, 0.15) is 0 Å². The molecule has 2 aliphatic carbocycles. The van der Waals surface area contributed by atoms with Crippen molar-refractivity contribution < 1.29 is 4.52 Å². The van der Waals surface area contributed by atoms with Crippen LogP contribution in [0, 0.1) is 5.92 Å². The maximum atomic E-state index is 5.75. The molecular formula is C11H17N3O. The summed E-state index contributed by atoms with van der Waals surface area (Å²) in [7, 11) is 0. The number of hydrogen-bond acceptors (Lipinski definition) is 4. The summed E-state index contributed by atoms with van der Waals surface area (Å²) < 4.78 is 5.37. The van der Waals surface area contributed by atoms with E-state index >= 15 is 0 Å². The quantitative estimate of drug-likeness (QED) is 0.820. The molecule has 0 bridgehead atoms. The molecule has 0 spiro atoms. The summed E-state index contributed by atoms with van der Waals surface area (Å²) in [4.78, 5) is 4.52. The van der Waals surface area contributed by atoms with E-state index in [0.29, 0.717) is 17.8 Å². The summed E-state index contributed by atoms with van der Waals surface area (Å²) in [6.07, 6.45) is 6.07. The molecule has 2 saturated carbocycles. The first-order chi connectivity index (χ1) is 7.38. The minimum Gasteiger partial charge on any atom is -0.339 e. The summed E-state index contributed by atoms with van der Waals surface area (Å²) in [5, 5.41) is 4.06. The van der Waals surface area contributed by atoms with Crippen LogP contribution < -0.4 is 5.73 Å². The first-order valence-electron chi connectivity index (χ1n) is 5.92. The normalized spacial score (nSPS) is 31.0. The van der Waals surface area contributed by atoms with Gasteiger partial charge < -0.3 is 10.3 Å². The predicted molar refractivity (Wildman–Crippen MR) is 55.4 cm³/mol. The summed E-state index contributed by atoms with van der Waals surface area (Å²) in [6, 6.07) is 0. The van der Waals surface area contributed by atoms with Gasteiger partial charge in [-0.2, -0.15) is 4.98 Å². The molecule has 2 N–H and O–H groups in total. The van der Waals surface area contributed by atoms with Gasteiger partial charge in [0.2, 0.25) is 5.89 Å². The fourth-order valence-corrected chi connectivity index (χ4v) is 2.55. The Bertz CT molecular complexity index is 345. The maximum Gasteiger partial charge on any atom is 0.230 e. The predicted octanol–water partition coefficient (Wildman–Crippen LogP) is 1.79. The van der Waals surface area contributed by atoms with E-state index in [4.69, 9.17) is 10.3 Å². The average Bonchev–Trinajstić information content (AvgIpc) is 2.83. The summed E-state index contributed by atoms with van der Waals surface area (Å²) >= 11 is 0. The first-order valence-corrected chi connectivity index (χ1v) is 5.92. The molecule has 1 aromatic heterocycles. The van der Waals surface area contributed by atoms with Crippen LogP contribution in [-0.4, -0.2) is 16.7 Å². The van der Waals surface area contributed by atoms with Crippen molar-refractivity contribution in [2.24, 2.45) is 11.7 Å². The van der Waals surface area contributed by atoms with Crippen LogP contribution in [0.5, 0.6) is 0 Å². The van der Waals surface area contributed by atoms with Crippen molar-refractivity contribution in [3.63, 3.8) is 0 Å². The van der Waals surface area contributed by atoms with Gasteiger partial charge in [0, 0.05) is 11.8 Å². The summed E-state index contributed by atoms with van der Waals surface area (Å²) in [5.41, 5.74) is 5.75. The van der Waals surface area contributed by atoms with E-state index in [0.717, 1.165) is 24.7 Å². The third-order valence-corrected chi connectivity index (χ3v) is 3.68. The molecule has 82 valence electrons. The van der Waals surface area contributed by atoms with Crippen molar-refractivity contribution in [2.75, 3.05) is 6.54 Å². The van der Waals surface area contributed by atoms with Crippen LogP contribution in [0.15, 0.2) is 4.52 Å². The number of rotatable bonds is 3. The largest absolute Gasteiger partial charge is 0.339 e. The maximum absolute atomic E-state index is 5.75. The van der Waals surface area contributed by atoms with E-state index in [9.17, 15) is 0 Å². The summed E-state index contributed by atoms with van der Waals surface area (Å²) in [6.45, 7) is 0.742. The highest BCUT2D eigenvalue weighted by Crippen LogP contribution is 2.41. The van der Waals surface area contributed by atoms with Gasteiger partial charge in [0.05, 0.1) is 0 Å². The molecule has 0 saturated heterocycles. The molecule has 15 heavy (non-hydrogen) atoms. The molecule has 1 aromatic rings. The van der Waals surface area contributed by atoms with Crippen LogP contribution in [0.3, 0.4) is 0 Å². The molecule has 4 heteroatoms. The van der Waals surface area contributed by atoms with E-state index in [-0.39, 0.29) is 0 Å². The van der Waals surface area contributed by atoms with E-state index in [1.165, 1.54) is 25.7 Å². The van der Waals surface area contributed by atoms with Crippen LogP contribution >= 0.6 is 0 Å². The van der Waals surface area contributed by atoms with Crippen molar-refractivity contribution >= 4 is 0 Å². The van der Waals surface area contributed by atoms with Crippen LogP contribution in [0.4, 0.5) is 0 Å². The number of nitrogens with zero attached hydrogens (tertiary/aromatic N) is 2. The van der Waals surface area contributed by atoms with Gasteiger partial charge in [0.15, 0.2) is 5.82 Å². The molecule has 3 rings (SSSR count). The van der Waals surface area contributed by atoms with Gasteiger partial charge in [0.25, 0.3) is 0 Å². The molecule has 2 atom stereocenters. The highest BCUT2D eigenvalue weighted by Gasteiger charge is 2.34. The summed E-state index contributed by atoms with van der Waals surface area (Å²) in [5.74, 6) is 3.32. The Balaban J connectivity index is 1.78. The minimum atomic E-state index is 0.426. The van der Waals surface area contributed by atoms with E-state index in [1.54, 1.807) is 0 Å². The zero-order valence-electron chi connectivity index (χ0n) is 8.85. The third kappa shape index (κ3) is 1.67. The third-order valence-electron chi connectivity index (χ3n) is 3.68. The molecule has 0 aliphatic heterocycles. The Morgan fingerprint density at radius 2 is 2.13 bits per heavy atom. The minimum absolute atomic E-state index is 0.426. The lowest BCUT2D eigenvalue weighted by molar-refractivity contribution is 0.323. The van der Waals surface area contributed by atoms with Gasteiger partial charge in [-0.25, -0.2) is 0 Å². The van der Waals surface area contributed by atoms with Gasteiger partial charge in [-0.15, -0.1) is 0 Å². The lowest BCUT2D eigenvalue weighted by Gasteiger charge is -2.12. The molecule has 2 aliphatic rings. The lowest BCUT2D eigenvalue weighted by Crippen LogP contribution is -2.17. The molecule has 4 nitrogen and oxygen atoms in total. The van der Waals surface area contributed by atoms with Gasteiger partial charge in [-0.3, -0.25) is 0 Å². The van der Waals surface area contributed by atoms with Gasteiger partial charge >= 0.3 is 0 Å². The molecule has 2 unspecified atom stereocenters. The second-order valence-electron chi connectivity index (χ2n) is 4.80. The van der Waals surface area contributed by atoms with Crippen molar-refractivity contribution in [1.82, 2.24) is 10.1 Å². The van der Waals surface area contributed by atoms with E-state index in [2.05, 4.69) is 10.1 Å². The first kappa shape index (κ1) is 9.33. The fraction of sp³-hybridized carbons (Fsp3) is 0.818. The highest BCUT2D eigenvalue weighted by atomic mass is 16.5. The van der Waals surface area contributed by atoms with Crippen LogP contribution in [0.25, 0.3) is 0 Å². The van der Waals surface area contributed by atoms with Crippen molar-refractivity contribution in [3.8, 4) is 0 Å². The van der Waals surface area contributed by atoms with Gasteiger partial charge in [-0.05, 0) is 38.1 Å². The molecule has 0 radical (unpaired) electrons.